The Morgan fingerprint density at radius 2 is 2.25 bits per heavy atom. The molecule has 0 saturated carbocycles. The number of benzene rings is 1. The molecule has 0 spiro atoms. The van der Waals surface area contributed by atoms with Crippen molar-refractivity contribution in [2.75, 3.05) is 12.0 Å². The van der Waals surface area contributed by atoms with Crippen molar-refractivity contribution < 1.29 is 4.52 Å². The zero-order valence-corrected chi connectivity index (χ0v) is 10.0. The van der Waals surface area contributed by atoms with Crippen molar-refractivity contribution in [3.05, 3.63) is 29.6 Å². The van der Waals surface area contributed by atoms with Gasteiger partial charge in [-0.3, -0.25) is 0 Å². The first-order chi connectivity index (χ1) is 7.72. The Labute approximate surface area is 98.2 Å². The van der Waals surface area contributed by atoms with Gasteiger partial charge < -0.3 is 10.3 Å². The van der Waals surface area contributed by atoms with Crippen molar-refractivity contribution >= 4 is 17.4 Å². The number of nitrogens with two attached hydrogens (primary N) is 1. The lowest BCUT2D eigenvalue weighted by molar-refractivity contribution is 0.425. The number of rotatable bonds is 3. The summed E-state index contributed by atoms with van der Waals surface area (Å²) in [6.07, 6.45) is 2.00. The van der Waals surface area contributed by atoms with Gasteiger partial charge in [0.25, 0.3) is 5.89 Å². The number of hydrogen-bond donors (Lipinski definition) is 1. The minimum absolute atomic E-state index is 0.500. The van der Waals surface area contributed by atoms with Gasteiger partial charge in [0.1, 0.15) is 0 Å². The van der Waals surface area contributed by atoms with Crippen molar-refractivity contribution in [1.82, 2.24) is 10.1 Å². The summed E-state index contributed by atoms with van der Waals surface area (Å²) in [5, 5.41) is 3.90. The van der Waals surface area contributed by atoms with E-state index in [1.165, 1.54) is 0 Å². The van der Waals surface area contributed by atoms with Crippen molar-refractivity contribution in [1.29, 1.82) is 0 Å². The molecule has 0 bridgehead atoms. The van der Waals surface area contributed by atoms with E-state index in [1.807, 2.05) is 31.4 Å². The molecule has 0 amide bonds. The normalized spacial score (nSPS) is 10.6. The fourth-order valence-corrected chi connectivity index (χ4v) is 1.90. The van der Waals surface area contributed by atoms with Crippen LogP contribution in [0, 0.1) is 6.92 Å². The minimum atomic E-state index is 0.500. The molecule has 1 aromatic heterocycles. The van der Waals surface area contributed by atoms with E-state index < -0.39 is 0 Å². The van der Waals surface area contributed by atoms with Crippen LogP contribution in [0.5, 0.6) is 0 Å². The Balaban J connectivity index is 2.42. The molecule has 0 saturated heterocycles. The molecule has 0 unspecified atom stereocenters. The second-order valence-electron chi connectivity index (χ2n) is 3.49. The van der Waals surface area contributed by atoms with Crippen LogP contribution >= 0.6 is 11.8 Å². The third kappa shape index (κ3) is 2.04. The van der Waals surface area contributed by atoms with Gasteiger partial charge in [-0.2, -0.15) is 16.7 Å². The molecule has 0 atom stereocenters. The number of thioether (sulfide) groups is 1. The molecular weight excluding hydrogens is 222 g/mol. The van der Waals surface area contributed by atoms with Gasteiger partial charge in [0.05, 0.1) is 11.3 Å². The van der Waals surface area contributed by atoms with Crippen molar-refractivity contribution in [2.24, 2.45) is 0 Å². The van der Waals surface area contributed by atoms with Crippen LogP contribution in [0.15, 0.2) is 22.7 Å². The molecule has 2 aromatic rings. The van der Waals surface area contributed by atoms with Crippen LogP contribution in [-0.2, 0) is 5.75 Å². The Kier molecular flexibility index (Phi) is 3.14. The molecule has 0 aliphatic carbocycles. The number of nitrogen functional groups attached to an aromatic ring is 1. The van der Waals surface area contributed by atoms with Gasteiger partial charge >= 0.3 is 0 Å². The standard InChI is InChI=1S/C11H13N3OS/c1-7-4-3-5-8(12)10(7)11-13-9(6-16-2)14-15-11/h3-5H,6,12H2,1-2H3. The summed E-state index contributed by atoms with van der Waals surface area (Å²) >= 11 is 1.66. The Morgan fingerprint density at radius 1 is 1.44 bits per heavy atom. The van der Waals surface area contributed by atoms with Crippen molar-refractivity contribution in [3.8, 4) is 11.5 Å². The lowest BCUT2D eigenvalue weighted by Crippen LogP contribution is -1.93. The molecule has 2 N–H and O–H groups in total. The van der Waals surface area contributed by atoms with Gasteiger partial charge in [-0.15, -0.1) is 0 Å². The van der Waals surface area contributed by atoms with E-state index >= 15 is 0 Å². The second-order valence-corrected chi connectivity index (χ2v) is 4.35. The minimum Gasteiger partial charge on any atom is -0.398 e. The van der Waals surface area contributed by atoms with E-state index in [0.29, 0.717) is 17.4 Å². The highest BCUT2D eigenvalue weighted by Crippen LogP contribution is 2.28. The van der Waals surface area contributed by atoms with E-state index in [0.717, 1.165) is 16.9 Å². The average Bonchev–Trinajstić information content (AvgIpc) is 2.67. The van der Waals surface area contributed by atoms with Gasteiger partial charge in [-0.05, 0) is 24.8 Å². The zero-order valence-electron chi connectivity index (χ0n) is 9.23. The van der Waals surface area contributed by atoms with Gasteiger partial charge in [0.15, 0.2) is 5.82 Å². The van der Waals surface area contributed by atoms with E-state index in [9.17, 15) is 0 Å². The van der Waals surface area contributed by atoms with Crippen molar-refractivity contribution in [2.45, 2.75) is 12.7 Å². The fourth-order valence-electron chi connectivity index (χ4n) is 1.53. The molecule has 84 valence electrons. The first-order valence-electron chi connectivity index (χ1n) is 4.89. The van der Waals surface area contributed by atoms with Gasteiger partial charge in [-0.1, -0.05) is 17.3 Å². The average molecular weight is 235 g/mol. The maximum absolute atomic E-state index is 5.90. The topological polar surface area (TPSA) is 64.9 Å². The highest BCUT2D eigenvalue weighted by molar-refractivity contribution is 7.97. The number of hydrogen-bond acceptors (Lipinski definition) is 5. The van der Waals surface area contributed by atoms with Crippen LogP contribution in [0.2, 0.25) is 0 Å². The summed E-state index contributed by atoms with van der Waals surface area (Å²) in [5.74, 6) is 1.94. The maximum atomic E-state index is 5.90. The summed E-state index contributed by atoms with van der Waals surface area (Å²) in [7, 11) is 0. The number of aryl methyl sites for hydroxylation is 1. The zero-order chi connectivity index (χ0) is 11.5. The van der Waals surface area contributed by atoms with Gasteiger partial charge in [-0.25, -0.2) is 0 Å². The number of aromatic nitrogens is 2. The van der Waals surface area contributed by atoms with Crippen LogP contribution in [-0.4, -0.2) is 16.4 Å². The number of nitrogens with zero attached hydrogens (tertiary/aromatic N) is 2. The van der Waals surface area contributed by atoms with Crippen LogP contribution in [0.3, 0.4) is 0 Å². The summed E-state index contributed by atoms with van der Waals surface area (Å²) in [6.45, 7) is 1.98. The van der Waals surface area contributed by atoms with Crippen molar-refractivity contribution in [3.63, 3.8) is 0 Å². The summed E-state index contributed by atoms with van der Waals surface area (Å²) in [6, 6.07) is 5.72. The largest absolute Gasteiger partial charge is 0.398 e. The molecule has 0 aliphatic heterocycles. The molecule has 0 aliphatic rings. The lowest BCUT2D eigenvalue weighted by Gasteiger charge is -2.03. The summed E-state index contributed by atoms with van der Waals surface area (Å²) in [4.78, 5) is 4.31. The molecule has 16 heavy (non-hydrogen) atoms. The Morgan fingerprint density at radius 3 is 2.94 bits per heavy atom. The first-order valence-corrected chi connectivity index (χ1v) is 6.28. The van der Waals surface area contributed by atoms with E-state index in [4.69, 9.17) is 10.3 Å². The molecular formula is C11H13N3OS. The van der Waals surface area contributed by atoms with E-state index in [1.54, 1.807) is 11.8 Å². The lowest BCUT2D eigenvalue weighted by atomic mass is 10.1. The van der Waals surface area contributed by atoms with E-state index in [-0.39, 0.29) is 0 Å². The molecule has 4 nitrogen and oxygen atoms in total. The van der Waals surface area contributed by atoms with Gasteiger partial charge in [0, 0.05) is 5.69 Å². The predicted octanol–water partition coefficient (Wildman–Crippen LogP) is 2.49. The molecule has 1 aromatic carbocycles. The highest BCUT2D eigenvalue weighted by Gasteiger charge is 2.13. The van der Waals surface area contributed by atoms with Crippen LogP contribution in [0.1, 0.15) is 11.4 Å². The maximum Gasteiger partial charge on any atom is 0.260 e. The van der Waals surface area contributed by atoms with Crippen LogP contribution in [0.25, 0.3) is 11.5 Å². The van der Waals surface area contributed by atoms with Gasteiger partial charge in [0.2, 0.25) is 0 Å². The van der Waals surface area contributed by atoms with E-state index in [2.05, 4.69) is 10.1 Å². The highest BCUT2D eigenvalue weighted by atomic mass is 32.2. The van der Waals surface area contributed by atoms with Crippen LogP contribution in [0.4, 0.5) is 5.69 Å². The van der Waals surface area contributed by atoms with Crippen LogP contribution < -0.4 is 5.73 Å². The summed E-state index contributed by atoms with van der Waals surface area (Å²) in [5.41, 5.74) is 8.45. The predicted molar refractivity (Wildman–Crippen MR) is 66.1 cm³/mol. The molecule has 0 radical (unpaired) electrons. The molecule has 0 fully saturated rings. The monoisotopic (exact) mass is 235 g/mol. The molecule has 2 rings (SSSR count). The summed E-state index contributed by atoms with van der Waals surface area (Å²) < 4.78 is 5.21. The molecule has 1 heterocycles. The Hall–Kier alpha value is -1.49. The fraction of sp³-hybridized carbons (Fsp3) is 0.273. The third-order valence-electron chi connectivity index (χ3n) is 2.26. The first kappa shape index (κ1) is 11.0. The third-order valence-corrected chi connectivity index (χ3v) is 2.81. The Bertz CT molecular complexity index is 475. The quantitative estimate of drug-likeness (QED) is 0.828. The SMILES string of the molecule is CSCc1noc(-c2c(C)cccc2N)n1. The second kappa shape index (κ2) is 4.57. The number of anilines is 1. The smallest absolute Gasteiger partial charge is 0.260 e. The molecule has 5 heteroatoms.